The summed E-state index contributed by atoms with van der Waals surface area (Å²) >= 11 is 0. The Morgan fingerprint density at radius 2 is 1.53 bits per heavy atom. The van der Waals surface area contributed by atoms with E-state index in [2.05, 4.69) is 25.7 Å². The average Bonchev–Trinajstić information content (AvgIpc) is 2.99. The predicted molar refractivity (Wildman–Crippen MR) is 170 cm³/mol. The Kier molecular flexibility index (Phi) is 13.9. The van der Waals surface area contributed by atoms with Crippen LogP contribution in [0.3, 0.4) is 0 Å². The summed E-state index contributed by atoms with van der Waals surface area (Å²) in [5.74, 6) is -1.74. The van der Waals surface area contributed by atoms with Gasteiger partial charge in [-0.3, -0.25) is 14.4 Å². The van der Waals surface area contributed by atoms with Crippen molar-refractivity contribution in [2.75, 3.05) is 0 Å². The van der Waals surface area contributed by atoms with Crippen molar-refractivity contribution >= 4 is 17.8 Å². The summed E-state index contributed by atoms with van der Waals surface area (Å²) in [6, 6.07) is 18.7. The van der Waals surface area contributed by atoms with Crippen LogP contribution in [0, 0.1) is 23.7 Å². The van der Waals surface area contributed by atoms with Crippen molar-refractivity contribution in [2.45, 2.75) is 96.3 Å². The molecule has 0 bridgehead atoms. The van der Waals surface area contributed by atoms with E-state index in [1.54, 1.807) is 0 Å². The summed E-state index contributed by atoms with van der Waals surface area (Å²) in [4.78, 5) is 39.3. The molecule has 1 saturated carbocycles. The third-order valence-corrected chi connectivity index (χ3v) is 8.70. The number of nitrogens with one attached hydrogen (secondary N) is 1. The first-order chi connectivity index (χ1) is 20.7. The highest BCUT2D eigenvalue weighted by Crippen LogP contribution is 2.30. The number of primary amides is 1. The molecule has 2 aromatic carbocycles. The standard InChI is InChI=1S/C36H50N2O5/c1-4-29(25(2)3)23-32(39)31(22-28-18-12-7-13-19-28)38-35(41)33(24-34(37)40)43-36(42)30(20-26-14-8-5-9-15-26)21-27-16-10-6-11-17-27/h4-6,8-11,14-17,25,28-33,39H,1,7,12-13,18-24H2,2-3H3,(H2,37,40)(H,38,41)/t29-,31-,32+,33-/m0/s1. The van der Waals surface area contributed by atoms with Crippen LogP contribution in [0.15, 0.2) is 73.3 Å². The molecule has 234 valence electrons. The van der Waals surface area contributed by atoms with Gasteiger partial charge in [-0.05, 0) is 54.6 Å². The number of aliphatic hydroxyl groups is 1. The number of hydrogen-bond donors (Lipinski definition) is 3. The van der Waals surface area contributed by atoms with Gasteiger partial charge >= 0.3 is 5.97 Å². The average molecular weight is 591 g/mol. The minimum Gasteiger partial charge on any atom is -0.451 e. The minimum absolute atomic E-state index is 0.0803. The molecule has 7 nitrogen and oxygen atoms in total. The van der Waals surface area contributed by atoms with Crippen LogP contribution in [0.1, 0.15) is 76.3 Å². The summed E-state index contributed by atoms with van der Waals surface area (Å²) in [6.45, 7) is 8.10. The quantitative estimate of drug-likeness (QED) is 0.165. The van der Waals surface area contributed by atoms with Crippen molar-refractivity contribution in [2.24, 2.45) is 29.4 Å². The van der Waals surface area contributed by atoms with Crippen LogP contribution in [0.5, 0.6) is 0 Å². The maximum atomic E-state index is 13.7. The van der Waals surface area contributed by atoms with Crippen LogP contribution in [-0.2, 0) is 32.0 Å². The van der Waals surface area contributed by atoms with E-state index in [1.807, 2.05) is 66.7 Å². The van der Waals surface area contributed by atoms with Gasteiger partial charge in [0.15, 0.2) is 6.10 Å². The first-order valence-corrected chi connectivity index (χ1v) is 15.8. The zero-order valence-corrected chi connectivity index (χ0v) is 25.8. The second kappa shape index (κ2) is 17.6. The lowest BCUT2D eigenvalue weighted by atomic mass is 9.81. The number of nitrogens with two attached hydrogens (primary N) is 1. The van der Waals surface area contributed by atoms with Crippen molar-refractivity contribution in [1.82, 2.24) is 5.32 Å². The zero-order valence-electron chi connectivity index (χ0n) is 25.8. The molecule has 2 amide bonds. The number of ether oxygens (including phenoxy) is 1. The lowest BCUT2D eigenvalue weighted by molar-refractivity contribution is -0.161. The Morgan fingerprint density at radius 3 is 2.02 bits per heavy atom. The van der Waals surface area contributed by atoms with Gasteiger partial charge in [0.2, 0.25) is 5.91 Å². The third kappa shape index (κ3) is 11.6. The first-order valence-electron chi connectivity index (χ1n) is 15.8. The molecule has 1 aliphatic rings. The molecule has 2 aromatic rings. The minimum atomic E-state index is -1.39. The van der Waals surface area contributed by atoms with Gasteiger partial charge in [-0.15, -0.1) is 6.58 Å². The fourth-order valence-corrected chi connectivity index (χ4v) is 6.10. The Balaban J connectivity index is 1.79. The van der Waals surface area contributed by atoms with Crippen LogP contribution >= 0.6 is 0 Å². The number of allylic oxidation sites excluding steroid dienone is 1. The molecule has 0 saturated heterocycles. The maximum absolute atomic E-state index is 13.7. The summed E-state index contributed by atoms with van der Waals surface area (Å²) in [5, 5.41) is 14.3. The first kappa shape index (κ1) is 34.0. The molecule has 0 spiro atoms. The number of hydrogen-bond acceptors (Lipinski definition) is 5. The number of rotatable bonds is 17. The second-order valence-corrected chi connectivity index (χ2v) is 12.5. The van der Waals surface area contributed by atoms with Crippen molar-refractivity contribution in [3.05, 3.63) is 84.4 Å². The van der Waals surface area contributed by atoms with E-state index < -0.39 is 48.4 Å². The molecule has 0 aliphatic heterocycles. The largest absolute Gasteiger partial charge is 0.451 e. The molecule has 1 fully saturated rings. The molecule has 4 N–H and O–H groups in total. The van der Waals surface area contributed by atoms with E-state index in [9.17, 15) is 19.5 Å². The van der Waals surface area contributed by atoms with Gasteiger partial charge in [0, 0.05) is 0 Å². The van der Waals surface area contributed by atoms with Gasteiger partial charge in [-0.1, -0.05) is 113 Å². The van der Waals surface area contributed by atoms with Crippen LogP contribution in [0.25, 0.3) is 0 Å². The zero-order chi connectivity index (χ0) is 31.2. The molecule has 7 heteroatoms. The molecule has 0 radical (unpaired) electrons. The number of esters is 1. The Morgan fingerprint density at radius 1 is 0.977 bits per heavy atom. The summed E-state index contributed by atoms with van der Waals surface area (Å²) in [5.41, 5.74) is 7.45. The molecular formula is C36H50N2O5. The van der Waals surface area contributed by atoms with E-state index in [-0.39, 0.29) is 11.8 Å². The van der Waals surface area contributed by atoms with Crippen LogP contribution in [0.4, 0.5) is 0 Å². The second-order valence-electron chi connectivity index (χ2n) is 12.5. The highest BCUT2D eigenvalue weighted by Gasteiger charge is 2.34. The molecule has 43 heavy (non-hydrogen) atoms. The summed E-state index contributed by atoms with van der Waals surface area (Å²) < 4.78 is 5.79. The molecule has 3 rings (SSSR count). The van der Waals surface area contributed by atoms with Crippen molar-refractivity contribution in [1.29, 1.82) is 0 Å². The molecule has 0 aromatic heterocycles. The lowest BCUT2D eigenvalue weighted by Crippen LogP contribution is -2.50. The summed E-state index contributed by atoms with van der Waals surface area (Å²) in [7, 11) is 0. The van der Waals surface area contributed by atoms with Gasteiger partial charge in [-0.25, -0.2) is 0 Å². The molecular weight excluding hydrogens is 540 g/mol. The SMILES string of the molecule is C=C[C@@H](C[C@@H](O)[C@H](CC1CCCCC1)NC(=O)[C@H](CC(N)=O)OC(=O)C(Cc1ccccc1)Cc1ccccc1)C(C)C. The van der Waals surface area contributed by atoms with Crippen molar-refractivity contribution < 1.29 is 24.2 Å². The number of benzene rings is 2. The molecule has 0 heterocycles. The van der Waals surface area contributed by atoms with Gasteiger partial charge in [-0.2, -0.15) is 0 Å². The van der Waals surface area contributed by atoms with Gasteiger partial charge < -0.3 is 20.9 Å². The van der Waals surface area contributed by atoms with Crippen molar-refractivity contribution in [3.63, 3.8) is 0 Å². The van der Waals surface area contributed by atoms with E-state index in [1.165, 1.54) is 6.42 Å². The monoisotopic (exact) mass is 590 g/mol. The lowest BCUT2D eigenvalue weighted by Gasteiger charge is -2.33. The van der Waals surface area contributed by atoms with Gasteiger partial charge in [0.05, 0.1) is 24.5 Å². The summed E-state index contributed by atoms with van der Waals surface area (Å²) in [6.07, 6.45) is 6.69. The topological polar surface area (TPSA) is 119 Å². The van der Waals surface area contributed by atoms with Crippen LogP contribution in [-0.4, -0.2) is 41.1 Å². The van der Waals surface area contributed by atoms with Gasteiger partial charge in [0.1, 0.15) is 0 Å². The highest BCUT2D eigenvalue weighted by molar-refractivity contribution is 5.89. The highest BCUT2D eigenvalue weighted by atomic mass is 16.5. The van der Waals surface area contributed by atoms with Crippen LogP contribution < -0.4 is 11.1 Å². The number of amides is 2. The van der Waals surface area contributed by atoms with Crippen molar-refractivity contribution in [3.8, 4) is 0 Å². The maximum Gasteiger partial charge on any atom is 0.310 e. The van der Waals surface area contributed by atoms with E-state index in [0.29, 0.717) is 31.6 Å². The van der Waals surface area contributed by atoms with E-state index in [0.717, 1.165) is 36.8 Å². The molecule has 4 atom stereocenters. The Bertz CT molecular complexity index is 1110. The molecule has 0 unspecified atom stereocenters. The normalized spacial score (nSPS) is 16.7. The predicted octanol–water partition coefficient (Wildman–Crippen LogP) is 5.54. The van der Waals surface area contributed by atoms with Gasteiger partial charge in [0.25, 0.3) is 5.91 Å². The van der Waals surface area contributed by atoms with E-state index in [4.69, 9.17) is 10.5 Å². The Labute approximate surface area is 257 Å². The number of carbonyl (C=O) groups is 3. The fraction of sp³-hybridized carbons (Fsp3) is 0.528. The molecule has 1 aliphatic carbocycles. The Hall–Kier alpha value is -3.45. The fourth-order valence-electron chi connectivity index (χ4n) is 6.10. The number of aliphatic hydroxyl groups excluding tert-OH is 1. The smallest absolute Gasteiger partial charge is 0.310 e. The van der Waals surface area contributed by atoms with E-state index >= 15 is 0 Å². The van der Waals surface area contributed by atoms with Crippen LogP contribution in [0.2, 0.25) is 0 Å². The third-order valence-electron chi connectivity index (χ3n) is 8.70. The number of carbonyl (C=O) groups excluding carboxylic acids is 3.